The zero-order valence-electron chi connectivity index (χ0n) is 15.9. The Bertz CT molecular complexity index is 868. The number of morpholine rings is 1. The summed E-state index contributed by atoms with van der Waals surface area (Å²) in [5.74, 6) is 0.823. The van der Waals surface area contributed by atoms with Crippen molar-refractivity contribution in [2.24, 2.45) is 0 Å². The van der Waals surface area contributed by atoms with Crippen molar-refractivity contribution in [3.8, 4) is 0 Å². The van der Waals surface area contributed by atoms with Crippen LogP contribution in [0.15, 0.2) is 28.2 Å². The van der Waals surface area contributed by atoms with Crippen LogP contribution in [0.2, 0.25) is 0 Å². The van der Waals surface area contributed by atoms with E-state index in [-0.39, 0.29) is 22.8 Å². The van der Waals surface area contributed by atoms with Gasteiger partial charge >= 0.3 is 0 Å². The number of anilines is 1. The molecular formula is C21H26N2O4. The van der Waals surface area contributed by atoms with E-state index in [0.29, 0.717) is 5.58 Å². The van der Waals surface area contributed by atoms with Crippen molar-refractivity contribution in [3.63, 3.8) is 0 Å². The molecule has 2 atom stereocenters. The van der Waals surface area contributed by atoms with Crippen molar-refractivity contribution < 1.29 is 14.1 Å². The Morgan fingerprint density at radius 3 is 2.52 bits per heavy atom. The van der Waals surface area contributed by atoms with Crippen LogP contribution in [0.4, 0.5) is 11.4 Å². The molecule has 6 nitrogen and oxygen atoms in total. The highest BCUT2D eigenvalue weighted by Gasteiger charge is 2.28. The number of nitro benzene ring substituents is 1. The maximum absolute atomic E-state index is 11.3. The van der Waals surface area contributed by atoms with Gasteiger partial charge < -0.3 is 14.1 Å². The molecular weight excluding hydrogens is 344 g/mol. The van der Waals surface area contributed by atoms with Gasteiger partial charge in [0, 0.05) is 25.2 Å². The third-order valence-corrected chi connectivity index (χ3v) is 5.45. The number of nitrogens with zero attached hydrogens (tertiary/aromatic N) is 2. The van der Waals surface area contributed by atoms with E-state index in [1.807, 2.05) is 0 Å². The average molecular weight is 370 g/mol. The fourth-order valence-electron chi connectivity index (χ4n) is 4.33. The van der Waals surface area contributed by atoms with Crippen LogP contribution < -0.4 is 4.90 Å². The molecule has 1 aromatic carbocycles. The lowest BCUT2D eigenvalue weighted by Gasteiger charge is -2.36. The lowest BCUT2D eigenvalue weighted by molar-refractivity contribution is -0.384. The molecule has 0 radical (unpaired) electrons. The number of allylic oxidation sites excluding steroid dienone is 1. The van der Waals surface area contributed by atoms with Gasteiger partial charge in [-0.2, -0.15) is 0 Å². The minimum absolute atomic E-state index is 0.0933. The van der Waals surface area contributed by atoms with Crippen molar-refractivity contribution in [2.45, 2.75) is 58.2 Å². The maximum atomic E-state index is 11.3. The molecule has 2 fully saturated rings. The molecule has 2 heterocycles. The minimum Gasteiger partial charge on any atom is -0.454 e. The Morgan fingerprint density at radius 1 is 1.15 bits per heavy atom. The number of fused-ring (bicyclic) bond motifs is 1. The highest BCUT2D eigenvalue weighted by Crippen LogP contribution is 2.39. The molecule has 2 aliphatic rings. The summed E-state index contributed by atoms with van der Waals surface area (Å²) in [6, 6.07) is 4.87. The van der Waals surface area contributed by atoms with Gasteiger partial charge in [-0.15, -0.1) is 0 Å². The van der Waals surface area contributed by atoms with Gasteiger partial charge in [0.2, 0.25) is 0 Å². The molecule has 4 rings (SSSR count). The Morgan fingerprint density at radius 2 is 1.85 bits per heavy atom. The third kappa shape index (κ3) is 3.72. The molecule has 6 heteroatoms. The first-order chi connectivity index (χ1) is 13.0. The van der Waals surface area contributed by atoms with E-state index in [1.165, 1.54) is 30.9 Å². The highest BCUT2D eigenvalue weighted by molar-refractivity contribution is 5.97. The lowest BCUT2D eigenvalue weighted by Crippen LogP contribution is -2.45. The van der Waals surface area contributed by atoms with Gasteiger partial charge in [0.05, 0.1) is 28.2 Å². The van der Waals surface area contributed by atoms with E-state index in [4.69, 9.17) is 9.15 Å². The number of rotatable bonds is 3. The number of hydrogen-bond donors (Lipinski definition) is 0. The van der Waals surface area contributed by atoms with Crippen LogP contribution in [0.1, 0.15) is 51.7 Å². The largest absolute Gasteiger partial charge is 0.454 e. The highest BCUT2D eigenvalue weighted by atomic mass is 16.6. The molecule has 1 aromatic heterocycles. The van der Waals surface area contributed by atoms with E-state index in [9.17, 15) is 10.1 Å². The number of non-ortho nitro benzene ring substituents is 1. The van der Waals surface area contributed by atoms with Gasteiger partial charge in [-0.3, -0.25) is 10.1 Å². The van der Waals surface area contributed by atoms with Gasteiger partial charge in [0.25, 0.3) is 5.69 Å². The summed E-state index contributed by atoms with van der Waals surface area (Å²) < 4.78 is 12.1. The molecule has 0 amide bonds. The van der Waals surface area contributed by atoms with Crippen LogP contribution in [0.25, 0.3) is 17.0 Å². The minimum atomic E-state index is -0.347. The van der Waals surface area contributed by atoms with Crippen LogP contribution >= 0.6 is 0 Å². The van der Waals surface area contributed by atoms with Crippen LogP contribution in [-0.4, -0.2) is 30.2 Å². The number of furan rings is 1. The molecule has 2 unspecified atom stereocenters. The van der Waals surface area contributed by atoms with Gasteiger partial charge in [0.15, 0.2) is 5.76 Å². The van der Waals surface area contributed by atoms with Crippen LogP contribution in [-0.2, 0) is 4.74 Å². The topological polar surface area (TPSA) is 68.8 Å². The van der Waals surface area contributed by atoms with Crippen molar-refractivity contribution in [1.82, 2.24) is 0 Å². The molecule has 1 aliphatic carbocycles. The second-order valence-electron chi connectivity index (χ2n) is 7.78. The Labute approximate surface area is 158 Å². The van der Waals surface area contributed by atoms with Crippen molar-refractivity contribution in [1.29, 1.82) is 0 Å². The van der Waals surface area contributed by atoms with Gasteiger partial charge in [-0.05, 0) is 51.7 Å². The summed E-state index contributed by atoms with van der Waals surface area (Å²) in [7, 11) is 0. The van der Waals surface area contributed by atoms with E-state index >= 15 is 0 Å². The SMILES string of the molecule is CC1CN(c2c(C=C3CCCCC3)oc3ccc([N+](=O)[O-])cc23)CC(C)O1. The second-order valence-corrected chi connectivity index (χ2v) is 7.78. The van der Waals surface area contributed by atoms with Gasteiger partial charge in [-0.25, -0.2) is 0 Å². The van der Waals surface area contributed by atoms with Crippen molar-refractivity contribution >= 4 is 28.4 Å². The Balaban J connectivity index is 1.84. The first-order valence-corrected chi connectivity index (χ1v) is 9.82. The van der Waals surface area contributed by atoms with E-state index < -0.39 is 0 Å². The summed E-state index contributed by atoms with van der Waals surface area (Å²) >= 11 is 0. The molecule has 2 aromatic rings. The molecule has 1 aliphatic heterocycles. The van der Waals surface area contributed by atoms with Crippen LogP contribution in [0.5, 0.6) is 0 Å². The Kier molecular flexibility index (Phi) is 4.91. The normalized spacial score (nSPS) is 23.6. The second kappa shape index (κ2) is 7.35. The first kappa shape index (κ1) is 18.0. The quantitative estimate of drug-likeness (QED) is 0.541. The first-order valence-electron chi connectivity index (χ1n) is 9.82. The summed E-state index contributed by atoms with van der Waals surface area (Å²) in [6.45, 7) is 5.62. The summed E-state index contributed by atoms with van der Waals surface area (Å²) in [6.07, 6.45) is 8.32. The van der Waals surface area contributed by atoms with Crippen LogP contribution in [0.3, 0.4) is 0 Å². The molecule has 27 heavy (non-hydrogen) atoms. The van der Waals surface area contributed by atoms with E-state index in [1.54, 1.807) is 12.1 Å². The average Bonchev–Trinajstić information content (AvgIpc) is 2.98. The maximum Gasteiger partial charge on any atom is 0.270 e. The van der Waals surface area contributed by atoms with Crippen molar-refractivity contribution in [2.75, 3.05) is 18.0 Å². The number of ether oxygens (including phenoxy) is 1. The van der Waals surface area contributed by atoms with Crippen molar-refractivity contribution in [3.05, 3.63) is 39.6 Å². The fraction of sp³-hybridized carbons (Fsp3) is 0.524. The lowest BCUT2D eigenvalue weighted by atomic mass is 9.94. The number of nitro groups is 1. The zero-order valence-corrected chi connectivity index (χ0v) is 15.9. The van der Waals surface area contributed by atoms with E-state index in [0.717, 1.165) is 42.8 Å². The third-order valence-electron chi connectivity index (χ3n) is 5.45. The molecule has 0 N–H and O–H groups in total. The fourth-order valence-corrected chi connectivity index (χ4v) is 4.33. The zero-order chi connectivity index (χ0) is 19.0. The molecule has 1 saturated heterocycles. The predicted molar refractivity (Wildman–Crippen MR) is 106 cm³/mol. The van der Waals surface area contributed by atoms with Crippen LogP contribution in [0, 0.1) is 10.1 Å². The molecule has 0 bridgehead atoms. The standard InChI is InChI=1S/C21H26N2O4/c1-14-12-22(13-15(2)26-14)21-18-11-17(23(24)25)8-9-19(18)27-20(21)10-16-6-4-3-5-7-16/h8-11,14-15H,3-7,12-13H2,1-2H3. The van der Waals surface area contributed by atoms with E-state index in [2.05, 4.69) is 24.8 Å². The molecule has 1 saturated carbocycles. The summed E-state index contributed by atoms with van der Waals surface area (Å²) in [5, 5.41) is 12.1. The summed E-state index contributed by atoms with van der Waals surface area (Å²) in [5.41, 5.74) is 3.17. The predicted octanol–water partition coefficient (Wildman–Crippen LogP) is 5.30. The van der Waals surface area contributed by atoms with Gasteiger partial charge in [0.1, 0.15) is 5.58 Å². The molecule has 0 spiro atoms. The number of benzene rings is 1. The van der Waals surface area contributed by atoms with Gasteiger partial charge in [-0.1, -0.05) is 12.0 Å². The Hall–Kier alpha value is -2.34. The smallest absolute Gasteiger partial charge is 0.270 e. The number of hydrogen-bond acceptors (Lipinski definition) is 5. The summed E-state index contributed by atoms with van der Waals surface area (Å²) in [4.78, 5) is 13.2. The molecule has 144 valence electrons. The monoisotopic (exact) mass is 370 g/mol.